The predicted octanol–water partition coefficient (Wildman–Crippen LogP) is 3.94. The number of amides is 1. The molecule has 2 aromatic rings. The van der Waals surface area contributed by atoms with Crippen LogP contribution in [0.15, 0.2) is 36.4 Å². The van der Waals surface area contributed by atoms with E-state index in [0.29, 0.717) is 15.7 Å². The molecule has 1 N–H and O–H groups in total. The fourth-order valence-corrected chi connectivity index (χ4v) is 2.44. The normalized spacial score (nSPS) is 10.1. The highest BCUT2D eigenvalue weighted by Gasteiger charge is 2.18. The van der Waals surface area contributed by atoms with Crippen molar-refractivity contribution in [3.05, 3.63) is 67.7 Å². The Morgan fingerprint density at radius 2 is 1.62 bits per heavy atom. The number of esters is 1. The largest absolute Gasteiger partial charge is 0.465 e. The molecule has 0 saturated carbocycles. The molecule has 9 heteroatoms. The second kappa shape index (κ2) is 7.29. The van der Waals surface area contributed by atoms with E-state index in [-0.39, 0.29) is 11.1 Å². The molecule has 0 aliphatic carbocycles. The number of hydrogen-bond donors (Lipinski definition) is 1. The number of nitro benzene ring substituents is 1. The van der Waals surface area contributed by atoms with Crippen LogP contribution in [0.1, 0.15) is 20.7 Å². The summed E-state index contributed by atoms with van der Waals surface area (Å²) >= 11 is 11.7. The second-order valence-corrected chi connectivity index (χ2v) is 5.50. The van der Waals surface area contributed by atoms with Gasteiger partial charge in [0.25, 0.3) is 11.6 Å². The van der Waals surface area contributed by atoms with Gasteiger partial charge in [0, 0.05) is 33.4 Å². The van der Waals surface area contributed by atoms with Crippen molar-refractivity contribution in [2.24, 2.45) is 0 Å². The van der Waals surface area contributed by atoms with E-state index in [0.717, 1.165) is 19.2 Å². The summed E-state index contributed by atoms with van der Waals surface area (Å²) in [6.45, 7) is 0. The molecule has 0 unspecified atom stereocenters. The number of carbonyl (C=O) groups is 2. The summed E-state index contributed by atoms with van der Waals surface area (Å²) in [5, 5.41) is 14.1. The van der Waals surface area contributed by atoms with Gasteiger partial charge in [0.2, 0.25) is 0 Å². The van der Waals surface area contributed by atoms with Crippen molar-refractivity contribution in [1.82, 2.24) is 0 Å². The number of halogens is 2. The first-order valence-corrected chi connectivity index (χ1v) is 7.21. The highest BCUT2D eigenvalue weighted by molar-refractivity contribution is 6.35. The molecule has 0 spiro atoms. The van der Waals surface area contributed by atoms with Gasteiger partial charge in [-0.25, -0.2) is 4.79 Å². The molecule has 0 aliphatic heterocycles. The lowest BCUT2D eigenvalue weighted by Crippen LogP contribution is -2.14. The number of anilines is 1. The van der Waals surface area contributed by atoms with Gasteiger partial charge in [-0.3, -0.25) is 14.9 Å². The Hall–Kier alpha value is -2.64. The minimum atomic E-state index is -0.793. The molecule has 0 radical (unpaired) electrons. The summed E-state index contributed by atoms with van der Waals surface area (Å²) < 4.78 is 4.53. The zero-order valence-corrected chi connectivity index (χ0v) is 13.7. The highest BCUT2D eigenvalue weighted by Crippen LogP contribution is 2.24. The molecule has 0 saturated heterocycles. The molecule has 0 atom stereocenters. The fourth-order valence-electron chi connectivity index (χ4n) is 1.91. The van der Waals surface area contributed by atoms with Crippen LogP contribution >= 0.6 is 23.2 Å². The first-order valence-electron chi connectivity index (χ1n) is 6.45. The first kappa shape index (κ1) is 17.7. The van der Waals surface area contributed by atoms with Crippen molar-refractivity contribution >= 4 is 46.5 Å². The molecular formula is C15H10Cl2N2O5. The van der Waals surface area contributed by atoms with Gasteiger partial charge in [0.15, 0.2) is 0 Å². The van der Waals surface area contributed by atoms with Gasteiger partial charge in [0.1, 0.15) is 0 Å². The minimum absolute atomic E-state index is 0.0827. The van der Waals surface area contributed by atoms with Gasteiger partial charge >= 0.3 is 5.97 Å². The van der Waals surface area contributed by atoms with Crippen molar-refractivity contribution < 1.29 is 19.2 Å². The lowest BCUT2D eigenvalue weighted by Gasteiger charge is -2.08. The second-order valence-electron chi connectivity index (χ2n) is 4.63. The topological polar surface area (TPSA) is 98.5 Å². The quantitative estimate of drug-likeness (QED) is 0.500. The van der Waals surface area contributed by atoms with E-state index in [2.05, 4.69) is 10.1 Å². The molecule has 1 amide bonds. The van der Waals surface area contributed by atoms with Crippen LogP contribution in [0, 0.1) is 10.1 Å². The summed E-state index contributed by atoms with van der Waals surface area (Å²) in [6.07, 6.45) is 0. The number of non-ortho nitro benzene ring substituents is 1. The average Bonchev–Trinajstić information content (AvgIpc) is 2.52. The molecule has 0 heterocycles. The monoisotopic (exact) mass is 368 g/mol. The number of ether oxygens (including phenoxy) is 1. The molecule has 2 aromatic carbocycles. The number of nitro groups is 1. The van der Waals surface area contributed by atoms with Crippen LogP contribution in [0.2, 0.25) is 10.0 Å². The summed E-state index contributed by atoms with van der Waals surface area (Å²) in [4.78, 5) is 34.2. The number of benzene rings is 2. The van der Waals surface area contributed by atoms with E-state index in [4.69, 9.17) is 23.2 Å². The van der Waals surface area contributed by atoms with Crippen LogP contribution in [0.25, 0.3) is 0 Å². The number of hydrogen-bond acceptors (Lipinski definition) is 5. The zero-order chi connectivity index (χ0) is 17.9. The maximum Gasteiger partial charge on any atom is 0.338 e. The Morgan fingerprint density at radius 3 is 2.17 bits per heavy atom. The number of rotatable bonds is 4. The molecule has 7 nitrogen and oxygen atoms in total. The lowest BCUT2D eigenvalue weighted by atomic mass is 10.1. The third kappa shape index (κ3) is 4.21. The van der Waals surface area contributed by atoms with Gasteiger partial charge < -0.3 is 10.1 Å². The Morgan fingerprint density at radius 1 is 1.04 bits per heavy atom. The van der Waals surface area contributed by atoms with Gasteiger partial charge in [-0.1, -0.05) is 23.2 Å². The Kier molecular flexibility index (Phi) is 5.38. The van der Waals surface area contributed by atoms with Crippen LogP contribution in [0.4, 0.5) is 11.4 Å². The molecule has 24 heavy (non-hydrogen) atoms. The van der Waals surface area contributed by atoms with Crippen LogP contribution in [-0.4, -0.2) is 23.9 Å². The van der Waals surface area contributed by atoms with E-state index >= 15 is 0 Å². The van der Waals surface area contributed by atoms with Crippen molar-refractivity contribution in [2.45, 2.75) is 0 Å². The van der Waals surface area contributed by atoms with Gasteiger partial charge in [-0.2, -0.15) is 0 Å². The first-order chi connectivity index (χ1) is 11.3. The molecule has 0 aromatic heterocycles. The fraction of sp³-hybridized carbons (Fsp3) is 0.0667. The lowest BCUT2D eigenvalue weighted by molar-refractivity contribution is -0.384. The molecule has 0 fully saturated rings. The van der Waals surface area contributed by atoms with E-state index in [1.165, 1.54) is 24.3 Å². The average molecular weight is 369 g/mol. The Balaban J connectivity index is 2.39. The predicted molar refractivity (Wildman–Crippen MR) is 88.9 cm³/mol. The molecule has 0 aliphatic rings. The standard InChI is InChI=1S/C15H10Cl2N2O5/c1-24-15(21)9-2-8(3-13(4-9)19(22)23)14(20)18-12-6-10(16)5-11(17)7-12/h2-7H,1H3,(H,18,20). The van der Waals surface area contributed by atoms with Crippen molar-refractivity contribution in [1.29, 1.82) is 0 Å². The number of nitrogens with zero attached hydrogens (tertiary/aromatic N) is 1. The molecule has 0 bridgehead atoms. The summed E-state index contributed by atoms with van der Waals surface area (Å²) in [6, 6.07) is 7.68. The maximum atomic E-state index is 12.3. The molecular weight excluding hydrogens is 359 g/mol. The SMILES string of the molecule is COC(=O)c1cc(C(=O)Nc2cc(Cl)cc(Cl)c2)cc([N+](=O)[O-])c1. The van der Waals surface area contributed by atoms with E-state index in [1.807, 2.05) is 0 Å². The Labute approximate surface area is 146 Å². The van der Waals surface area contributed by atoms with Gasteiger partial charge in [-0.15, -0.1) is 0 Å². The minimum Gasteiger partial charge on any atom is -0.465 e. The van der Waals surface area contributed by atoms with Gasteiger partial charge in [-0.05, 0) is 24.3 Å². The highest BCUT2D eigenvalue weighted by atomic mass is 35.5. The molecule has 2 rings (SSSR count). The van der Waals surface area contributed by atoms with E-state index in [1.54, 1.807) is 0 Å². The van der Waals surface area contributed by atoms with Crippen LogP contribution in [-0.2, 0) is 4.74 Å². The van der Waals surface area contributed by atoms with Crippen molar-refractivity contribution in [3.8, 4) is 0 Å². The van der Waals surface area contributed by atoms with Crippen molar-refractivity contribution in [2.75, 3.05) is 12.4 Å². The van der Waals surface area contributed by atoms with Crippen molar-refractivity contribution in [3.63, 3.8) is 0 Å². The maximum absolute atomic E-state index is 12.3. The zero-order valence-electron chi connectivity index (χ0n) is 12.2. The summed E-state index contributed by atoms with van der Waals surface area (Å²) in [7, 11) is 1.13. The molecule has 124 valence electrons. The van der Waals surface area contributed by atoms with Crippen LogP contribution in [0.3, 0.4) is 0 Å². The third-order valence-electron chi connectivity index (χ3n) is 2.93. The number of methoxy groups -OCH3 is 1. The third-order valence-corrected chi connectivity index (χ3v) is 3.37. The summed E-state index contributed by atoms with van der Waals surface area (Å²) in [5.74, 6) is -1.46. The number of carbonyl (C=O) groups excluding carboxylic acids is 2. The smallest absolute Gasteiger partial charge is 0.338 e. The number of nitrogens with one attached hydrogen (secondary N) is 1. The van der Waals surface area contributed by atoms with Crippen LogP contribution < -0.4 is 5.32 Å². The van der Waals surface area contributed by atoms with Gasteiger partial charge in [0.05, 0.1) is 17.6 Å². The Bertz CT molecular complexity index is 818. The summed E-state index contributed by atoms with van der Waals surface area (Å²) in [5.41, 5.74) is -0.294. The van der Waals surface area contributed by atoms with E-state index in [9.17, 15) is 19.7 Å². The van der Waals surface area contributed by atoms with Crippen LogP contribution in [0.5, 0.6) is 0 Å². The van der Waals surface area contributed by atoms with E-state index < -0.39 is 22.5 Å².